The van der Waals surface area contributed by atoms with E-state index in [0.717, 1.165) is 11.4 Å². The summed E-state index contributed by atoms with van der Waals surface area (Å²) >= 11 is 0. The SMILES string of the molecule is CC1(C)c2ccccc2-c2ccc(Nc3ccc(-c4cccc5c4c4ccccc4n5-c4ccccc4)cc3)cc21. The topological polar surface area (TPSA) is 17.0 Å². The number of rotatable bonds is 4. The summed E-state index contributed by atoms with van der Waals surface area (Å²) in [7, 11) is 0. The van der Waals surface area contributed by atoms with Crippen molar-refractivity contribution in [2.75, 3.05) is 5.32 Å². The van der Waals surface area contributed by atoms with Gasteiger partial charge in [0.25, 0.3) is 0 Å². The Morgan fingerprint density at radius 1 is 0.512 bits per heavy atom. The van der Waals surface area contributed by atoms with Crippen LogP contribution >= 0.6 is 0 Å². The maximum atomic E-state index is 3.67. The highest BCUT2D eigenvalue weighted by molar-refractivity contribution is 6.15. The largest absolute Gasteiger partial charge is 0.356 e. The molecule has 2 heteroatoms. The van der Waals surface area contributed by atoms with Crippen molar-refractivity contribution in [2.24, 2.45) is 0 Å². The van der Waals surface area contributed by atoms with Gasteiger partial charge < -0.3 is 9.88 Å². The number of benzene rings is 6. The summed E-state index contributed by atoms with van der Waals surface area (Å²) in [5.41, 5.74) is 13.7. The van der Waals surface area contributed by atoms with E-state index in [2.05, 4.69) is 163 Å². The zero-order valence-corrected chi connectivity index (χ0v) is 23.2. The molecule has 8 rings (SSSR count). The normalized spacial score (nSPS) is 13.3. The fourth-order valence-corrected chi connectivity index (χ4v) is 6.80. The fourth-order valence-electron chi connectivity index (χ4n) is 6.80. The quantitative estimate of drug-likeness (QED) is 0.241. The first-order valence-electron chi connectivity index (χ1n) is 14.3. The van der Waals surface area contributed by atoms with Gasteiger partial charge in [-0.25, -0.2) is 0 Å². The van der Waals surface area contributed by atoms with Crippen LogP contribution in [0.1, 0.15) is 25.0 Å². The highest BCUT2D eigenvalue weighted by Gasteiger charge is 2.35. The van der Waals surface area contributed by atoms with E-state index in [1.165, 1.54) is 60.9 Å². The number of anilines is 2. The molecule has 0 saturated carbocycles. The van der Waals surface area contributed by atoms with Gasteiger partial charge in [-0.1, -0.05) is 105 Å². The molecule has 0 bridgehead atoms. The van der Waals surface area contributed by atoms with Gasteiger partial charge in [0, 0.05) is 33.2 Å². The second-order valence-electron chi connectivity index (χ2n) is 11.5. The number of nitrogens with one attached hydrogen (secondary N) is 1. The Morgan fingerprint density at radius 3 is 2.02 bits per heavy atom. The minimum absolute atomic E-state index is 0.00884. The third kappa shape index (κ3) is 3.64. The van der Waals surface area contributed by atoms with Crippen LogP contribution in [0.2, 0.25) is 0 Å². The molecule has 1 aliphatic rings. The molecule has 0 atom stereocenters. The molecule has 0 spiro atoms. The lowest BCUT2D eigenvalue weighted by atomic mass is 9.82. The Kier molecular flexibility index (Phi) is 5.20. The van der Waals surface area contributed by atoms with Gasteiger partial charge in [-0.3, -0.25) is 0 Å². The van der Waals surface area contributed by atoms with Gasteiger partial charge in [0.05, 0.1) is 11.0 Å². The molecular weight excluding hydrogens is 496 g/mol. The molecule has 0 aliphatic heterocycles. The highest BCUT2D eigenvalue weighted by Crippen LogP contribution is 2.49. The smallest absolute Gasteiger partial charge is 0.0547 e. The zero-order chi connectivity index (χ0) is 27.6. The van der Waals surface area contributed by atoms with Crippen molar-refractivity contribution in [3.05, 3.63) is 151 Å². The predicted molar refractivity (Wildman–Crippen MR) is 174 cm³/mol. The Bertz CT molecular complexity index is 2080. The van der Waals surface area contributed by atoms with Gasteiger partial charge in [-0.15, -0.1) is 0 Å². The van der Waals surface area contributed by atoms with E-state index in [9.17, 15) is 0 Å². The standard InChI is InChI=1S/C39H30N2/c1-39(2)34-16-8-6-13-31(34)32-24-23-28(25-35(32)39)40-27-21-19-26(20-22-27)30-15-10-18-37-38(30)33-14-7-9-17-36(33)41(37)29-11-4-3-5-12-29/h3-25,40H,1-2H3. The summed E-state index contributed by atoms with van der Waals surface area (Å²) in [5, 5.41) is 6.22. The molecular formula is C39H30N2. The molecule has 41 heavy (non-hydrogen) atoms. The van der Waals surface area contributed by atoms with Crippen molar-refractivity contribution in [1.29, 1.82) is 0 Å². The zero-order valence-electron chi connectivity index (χ0n) is 23.2. The van der Waals surface area contributed by atoms with E-state index in [0.29, 0.717) is 0 Å². The van der Waals surface area contributed by atoms with Crippen molar-refractivity contribution >= 4 is 33.2 Å². The van der Waals surface area contributed by atoms with Crippen LogP contribution in [-0.2, 0) is 5.41 Å². The fraction of sp³-hybridized carbons (Fsp3) is 0.0769. The van der Waals surface area contributed by atoms with Gasteiger partial charge in [-0.05, 0) is 81.9 Å². The number of hydrogen-bond acceptors (Lipinski definition) is 1. The molecule has 0 amide bonds. The van der Waals surface area contributed by atoms with Crippen LogP contribution in [0.25, 0.3) is 49.7 Å². The van der Waals surface area contributed by atoms with Crippen molar-refractivity contribution in [1.82, 2.24) is 4.57 Å². The lowest BCUT2D eigenvalue weighted by Crippen LogP contribution is -2.15. The van der Waals surface area contributed by atoms with E-state index >= 15 is 0 Å². The summed E-state index contributed by atoms with van der Waals surface area (Å²) < 4.78 is 2.37. The maximum Gasteiger partial charge on any atom is 0.0547 e. The minimum atomic E-state index is -0.00884. The van der Waals surface area contributed by atoms with E-state index in [1.807, 2.05) is 0 Å². The molecule has 1 aliphatic carbocycles. The molecule has 6 aromatic carbocycles. The summed E-state index contributed by atoms with van der Waals surface area (Å²) in [5.74, 6) is 0. The van der Waals surface area contributed by atoms with Crippen molar-refractivity contribution in [3.63, 3.8) is 0 Å². The van der Waals surface area contributed by atoms with E-state index in [4.69, 9.17) is 0 Å². The molecule has 0 saturated heterocycles. The molecule has 1 N–H and O–H groups in total. The van der Waals surface area contributed by atoms with Crippen molar-refractivity contribution in [2.45, 2.75) is 19.3 Å². The van der Waals surface area contributed by atoms with E-state index in [-0.39, 0.29) is 5.41 Å². The van der Waals surface area contributed by atoms with Gasteiger partial charge in [0.2, 0.25) is 0 Å². The Balaban J connectivity index is 1.17. The molecule has 2 nitrogen and oxygen atoms in total. The van der Waals surface area contributed by atoms with Gasteiger partial charge in [0.1, 0.15) is 0 Å². The van der Waals surface area contributed by atoms with Crippen LogP contribution < -0.4 is 5.32 Å². The second-order valence-corrected chi connectivity index (χ2v) is 11.5. The van der Waals surface area contributed by atoms with Gasteiger partial charge >= 0.3 is 0 Å². The first-order chi connectivity index (χ1) is 20.1. The number of hydrogen-bond donors (Lipinski definition) is 1. The summed E-state index contributed by atoms with van der Waals surface area (Å²) in [6.07, 6.45) is 0. The van der Waals surface area contributed by atoms with E-state index in [1.54, 1.807) is 0 Å². The number of para-hydroxylation sites is 2. The van der Waals surface area contributed by atoms with Crippen LogP contribution in [0.3, 0.4) is 0 Å². The number of aromatic nitrogens is 1. The highest BCUT2D eigenvalue weighted by atomic mass is 15.0. The lowest BCUT2D eigenvalue weighted by molar-refractivity contribution is 0.660. The van der Waals surface area contributed by atoms with Crippen molar-refractivity contribution in [3.8, 4) is 27.9 Å². The van der Waals surface area contributed by atoms with Gasteiger partial charge in [0.15, 0.2) is 0 Å². The average molecular weight is 527 g/mol. The van der Waals surface area contributed by atoms with Crippen molar-refractivity contribution < 1.29 is 0 Å². The van der Waals surface area contributed by atoms with Gasteiger partial charge in [-0.2, -0.15) is 0 Å². The molecule has 1 heterocycles. The molecule has 0 fully saturated rings. The first-order valence-corrected chi connectivity index (χ1v) is 14.3. The van der Waals surface area contributed by atoms with E-state index < -0.39 is 0 Å². The second kappa shape index (κ2) is 8.97. The third-order valence-electron chi connectivity index (χ3n) is 8.78. The Hall–Kier alpha value is -5.08. The van der Waals surface area contributed by atoms with Crippen LogP contribution in [0.15, 0.2) is 140 Å². The molecule has 1 aromatic heterocycles. The number of fused-ring (bicyclic) bond motifs is 6. The Labute approximate surface area is 240 Å². The first kappa shape index (κ1) is 23.8. The summed E-state index contributed by atoms with van der Waals surface area (Å²) in [6, 6.07) is 50.4. The molecule has 0 unspecified atom stereocenters. The maximum absolute atomic E-state index is 3.67. The molecule has 196 valence electrons. The summed E-state index contributed by atoms with van der Waals surface area (Å²) in [6.45, 7) is 4.65. The molecule has 7 aromatic rings. The number of nitrogens with zero attached hydrogens (tertiary/aromatic N) is 1. The monoisotopic (exact) mass is 526 g/mol. The predicted octanol–water partition coefficient (Wildman–Crippen LogP) is 10.5. The van der Waals surface area contributed by atoms with Crippen LogP contribution in [0.5, 0.6) is 0 Å². The average Bonchev–Trinajstić information content (AvgIpc) is 3.47. The third-order valence-corrected chi connectivity index (χ3v) is 8.78. The Morgan fingerprint density at radius 2 is 1.17 bits per heavy atom. The van der Waals surface area contributed by atoms with Crippen LogP contribution in [-0.4, -0.2) is 4.57 Å². The summed E-state index contributed by atoms with van der Waals surface area (Å²) in [4.78, 5) is 0. The van der Waals surface area contributed by atoms with Crippen LogP contribution in [0.4, 0.5) is 11.4 Å². The lowest BCUT2D eigenvalue weighted by Gasteiger charge is -2.22. The minimum Gasteiger partial charge on any atom is -0.356 e. The van der Waals surface area contributed by atoms with Crippen LogP contribution in [0, 0.1) is 0 Å². The molecule has 0 radical (unpaired) electrons.